The summed E-state index contributed by atoms with van der Waals surface area (Å²) in [6, 6.07) is 5.30. The van der Waals surface area contributed by atoms with Gasteiger partial charge in [0.1, 0.15) is 0 Å². The smallest absolute Gasteiger partial charge is 0.242 e. The third-order valence-electron chi connectivity index (χ3n) is 3.58. The first-order valence-electron chi connectivity index (χ1n) is 7.61. The molecule has 0 aliphatic heterocycles. The van der Waals surface area contributed by atoms with Crippen LogP contribution in [0.25, 0.3) is 0 Å². The Balaban J connectivity index is 3.26. The van der Waals surface area contributed by atoms with Gasteiger partial charge in [-0.1, -0.05) is 19.9 Å². The van der Waals surface area contributed by atoms with Gasteiger partial charge in [0, 0.05) is 26.2 Å². The Morgan fingerprint density at radius 3 is 2.17 bits per heavy atom. The highest BCUT2D eigenvalue weighted by Gasteiger charge is 2.31. The summed E-state index contributed by atoms with van der Waals surface area (Å²) in [5.41, 5.74) is 4.95. The maximum absolute atomic E-state index is 12.7. The van der Waals surface area contributed by atoms with Gasteiger partial charge < -0.3 is 5.73 Å². The molecule has 24 heavy (non-hydrogen) atoms. The fourth-order valence-electron chi connectivity index (χ4n) is 2.46. The number of benzene rings is 1. The molecule has 0 aliphatic carbocycles. The van der Waals surface area contributed by atoms with Crippen LogP contribution in [0.15, 0.2) is 34.1 Å². The van der Waals surface area contributed by atoms with Gasteiger partial charge in [-0.15, -0.1) is 0 Å². The third kappa shape index (κ3) is 5.00. The monoisotopic (exact) mass is 377 g/mol. The Morgan fingerprint density at radius 2 is 1.71 bits per heavy atom. The lowest BCUT2D eigenvalue weighted by Gasteiger charge is -2.30. The van der Waals surface area contributed by atoms with E-state index in [1.165, 1.54) is 32.3 Å². The lowest BCUT2D eigenvalue weighted by Crippen LogP contribution is -2.52. The Hall–Kier alpha value is -1.00. The quantitative estimate of drug-likeness (QED) is 0.702. The van der Waals surface area contributed by atoms with Crippen molar-refractivity contribution in [2.24, 2.45) is 11.7 Å². The molecule has 0 saturated heterocycles. The van der Waals surface area contributed by atoms with Crippen molar-refractivity contribution in [2.45, 2.75) is 42.5 Å². The molecular formula is C15H27N3O4S2. The molecule has 1 atom stereocenters. The Morgan fingerprint density at radius 1 is 1.17 bits per heavy atom. The van der Waals surface area contributed by atoms with Gasteiger partial charge in [-0.05, 0) is 37.5 Å². The number of hydrogen-bond acceptors (Lipinski definition) is 5. The van der Waals surface area contributed by atoms with Crippen LogP contribution in [0.2, 0.25) is 0 Å². The van der Waals surface area contributed by atoms with Gasteiger partial charge in [0.25, 0.3) is 0 Å². The van der Waals surface area contributed by atoms with Gasteiger partial charge in [0.15, 0.2) is 0 Å². The summed E-state index contributed by atoms with van der Waals surface area (Å²) in [5.74, 6) is 0.252. The summed E-state index contributed by atoms with van der Waals surface area (Å²) in [7, 11) is -4.83. The number of nitrogens with zero attached hydrogens (tertiary/aromatic N) is 1. The van der Waals surface area contributed by atoms with Gasteiger partial charge in [-0.3, -0.25) is 0 Å². The minimum atomic E-state index is -3.90. The van der Waals surface area contributed by atoms with E-state index in [0.29, 0.717) is 6.42 Å². The average molecular weight is 378 g/mol. The molecule has 138 valence electrons. The van der Waals surface area contributed by atoms with Crippen molar-refractivity contribution in [3.05, 3.63) is 24.3 Å². The SMILES string of the molecule is CC(C)CC(C)(CN)NS(=O)(=O)c1cccc(S(=O)(=O)N(C)C)c1. The van der Waals surface area contributed by atoms with Gasteiger partial charge in [-0.25, -0.2) is 25.9 Å². The highest BCUT2D eigenvalue weighted by Crippen LogP contribution is 2.22. The van der Waals surface area contributed by atoms with Crippen molar-refractivity contribution in [3.63, 3.8) is 0 Å². The van der Waals surface area contributed by atoms with E-state index in [-0.39, 0.29) is 22.3 Å². The largest absolute Gasteiger partial charge is 0.329 e. The maximum Gasteiger partial charge on any atom is 0.242 e. The molecule has 0 bridgehead atoms. The Labute approximate surface area is 145 Å². The molecule has 1 aromatic carbocycles. The fourth-order valence-corrected chi connectivity index (χ4v) is 4.96. The zero-order valence-electron chi connectivity index (χ0n) is 14.8. The summed E-state index contributed by atoms with van der Waals surface area (Å²) >= 11 is 0. The van der Waals surface area contributed by atoms with E-state index in [4.69, 9.17) is 5.73 Å². The van der Waals surface area contributed by atoms with Crippen molar-refractivity contribution in [3.8, 4) is 0 Å². The molecular weight excluding hydrogens is 350 g/mol. The number of hydrogen-bond donors (Lipinski definition) is 2. The maximum atomic E-state index is 12.7. The topological polar surface area (TPSA) is 110 Å². The standard InChI is InChI=1S/C15H27N3O4S2/c1-12(2)10-15(3,11-16)17-23(19,20)13-7-6-8-14(9-13)24(21,22)18(4)5/h6-9,12,17H,10-11,16H2,1-5H3. The Kier molecular flexibility index (Phi) is 6.56. The molecule has 9 heteroatoms. The van der Waals surface area contributed by atoms with Crippen LogP contribution < -0.4 is 10.5 Å². The summed E-state index contributed by atoms with van der Waals surface area (Å²) < 4.78 is 53.4. The normalized spacial score (nSPS) is 15.7. The van der Waals surface area contributed by atoms with Crippen molar-refractivity contribution in [2.75, 3.05) is 20.6 Å². The van der Waals surface area contributed by atoms with Crippen molar-refractivity contribution in [1.82, 2.24) is 9.03 Å². The molecule has 1 unspecified atom stereocenters. The molecule has 1 rings (SSSR count). The van der Waals surface area contributed by atoms with E-state index >= 15 is 0 Å². The molecule has 0 spiro atoms. The Bertz CT molecular complexity index is 774. The summed E-state index contributed by atoms with van der Waals surface area (Å²) in [6.07, 6.45) is 0.568. The molecule has 0 fully saturated rings. The average Bonchev–Trinajstić information content (AvgIpc) is 2.45. The van der Waals surface area contributed by atoms with Gasteiger partial charge in [-0.2, -0.15) is 0 Å². The first kappa shape index (κ1) is 21.0. The van der Waals surface area contributed by atoms with Crippen LogP contribution in [0.3, 0.4) is 0 Å². The number of nitrogens with two attached hydrogens (primary N) is 1. The summed E-state index contributed by atoms with van der Waals surface area (Å²) in [6.45, 7) is 5.84. The molecule has 0 radical (unpaired) electrons. The minimum absolute atomic E-state index is 0.0753. The van der Waals surface area contributed by atoms with Crippen molar-refractivity contribution < 1.29 is 16.8 Å². The van der Waals surface area contributed by atoms with Crippen molar-refractivity contribution >= 4 is 20.0 Å². The molecule has 7 nitrogen and oxygen atoms in total. The second-order valence-electron chi connectivity index (χ2n) is 6.73. The van der Waals surface area contributed by atoms with Gasteiger partial charge in [0.2, 0.25) is 20.0 Å². The number of rotatable bonds is 8. The van der Waals surface area contributed by atoms with Crippen LogP contribution in [0.5, 0.6) is 0 Å². The first-order valence-corrected chi connectivity index (χ1v) is 10.5. The van der Waals surface area contributed by atoms with Crippen LogP contribution in [-0.2, 0) is 20.0 Å². The van der Waals surface area contributed by atoms with Crippen LogP contribution >= 0.6 is 0 Å². The highest BCUT2D eigenvalue weighted by atomic mass is 32.2. The summed E-state index contributed by atoms with van der Waals surface area (Å²) in [5, 5.41) is 0. The predicted octanol–water partition coefficient (Wildman–Crippen LogP) is 0.979. The molecule has 0 amide bonds. The highest BCUT2D eigenvalue weighted by molar-refractivity contribution is 7.90. The fraction of sp³-hybridized carbons (Fsp3) is 0.600. The molecule has 3 N–H and O–H groups in total. The van der Waals surface area contributed by atoms with E-state index in [2.05, 4.69) is 4.72 Å². The lowest BCUT2D eigenvalue weighted by atomic mass is 9.92. The molecule has 0 saturated carbocycles. The van der Waals surface area contributed by atoms with Crippen molar-refractivity contribution in [1.29, 1.82) is 0 Å². The third-order valence-corrected chi connectivity index (χ3v) is 7.03. The van der Waals surface area contributed by atoms with Crippen LogP contribution in [0.1, 0.15) is 27.2 Å². The number of nitrogens with one attached hydrogen (secondary N) is 1. The predicted molar refractivity (Wildman–Crippen MR) is 94.6 cm³/mol. The van der Waals surface area contributed by atoms with E-state index < -0.39 is 25.6 Å². The lowest BCUT2D eigenvalue weighted by molar-refractivity contribution is 0.344. The van der Waals surface area contributed by atoms with E-state index in [0.717, 1.165) is 10.4 Å². The minimum Gasteiger partial charge on any atom is -0.329 e. The van der Waals surface area contributed by atoms with Crippen LogP contribution in [0.4, 0.5) is 0 Å². The molecule has 1 aromatic rings. The van der Waals surface area contributed by atoms with Crippen LogP contribution in [-0.4, -0.2) is 47.3 Å². The van der Waals surface area contributed by atoms with Gasteiger partial charge >= 0.3 is 0 Å². The van der Waals surface area contributed by atoms with E-state index in [1.54, 1.807) is 6.92 Å². The van der Waals surface area contributed by atoms with E-state index in [1.807, 2.05) is 13.8 Å². The molecule has 0 heterocycles. The zero-order chi connectivity index (χ0) is 18.8. The second-order valence-corrected chi connectivity index (χ2v) is 10.6. The first-order chi connectivity index (χ1) is 10.8. The number of sulfonamides is 2. The molecule has 0 aromatic heterocycles. The second kappa shape index (κ2) is 7.49. The van der Waals surface area contributed by atoms with Gasteiger partial charge in [0.05, 0.1) is 9.79 Å². The zero-order valence-corrected chi connectivity index (χ0v) is 16.4. The van der Waals surface area contributed by atoms with E-state index in [9.17, 15) is 16.8 Å². The molecule has 0 aliphatic rings. The summed E-state index contributed by atoms with van der Waals surface area (Å²) in [4.78, 5) is -0.178. The van der Waals surface area contributed by atoms with Crippen LogP contribution in [0, 0.1) is 5.92 Å².